The summed E-state index contributed by atoms with van der Waals surface area (Å²) in [5.74, 6) is 0.563. The molecule has 8 nitrogen and oxygen atoms in total. The van der Waals surface area contributed by atoms with Gasteiger partial charge in [-0.3, -0.25) is 9.59 Å². The summed E-state index contributed by atoms with van der Waals surface area (Å²) in [6.45, 7) is 4.33. The quantitative estimate of drug-likeness (QED) is 0.755. The summed E-state index contributed by atoms with van der Waals surface area (Å²) in [6.07, 6.45) is 1.23. The zero-order valence-electron chi connectivity index (χ0n) is 15.7. The number of nitrogens with zero attached hydrogens (tertiary/aromatic N) is 5. The Hall–Kier alpha value is -3.55. The SMILES string of the molecule is CCC(=O)N1CCc2cc(C(=O)Nc3cccc(-n4nnnc4C)c3)ccc21. The van der Waals surface area contributed by atoms with Crippen molar-refractivity contribution in [3.63, 3.8) is 0 Å². The Morgan fingerprint density at radius 3 is 2.79 bits per heavy atom. The number of amides is 2. The van der Waals surface area contributed by atoms with Crippen LogP contribution in [0.2, 0.25) is 0 Å². The van der Waals surface area contributed by atoms with E-state index in [1.807, 2.05) is 50.2 Å². The zero-order chi connectivity index (χ0) is 19.7. The van der Waals surface area contributed by atoms with E-state index in [2.05, 4.69) is 20.8 Å². The summed E-state index contributed by atoms with van der Waals surface area (Å²) in [6, 6.07) is 12.8. The van der Waals surface area contributed by atoms with E-state index in [0.29, 0.717) is 30.0 Å². The van der Waals surface area contributed by atoms with E-state index in [-0.39, 0.29) is 11.8 Å². The lowest BCUT2D eigenvalue weighted by Crippen LogP contribution is -2.27. The molecule has 0 atom stereocenters. The highest BCUT2D eigenvalue weighted by atomic mass is 16.2. The van der Waals surface area contributed by atoms with Crippen molar-refractivity contribution in [3.05, 3.63) is 59.4 Å². The van der Waals surface area contributed by atoms with Crippen molar-refractivity contribution in [1.29, 1.82) is 0 Å². The van der Waals surface area contributed by atoms with E-state index < -0.39 is 0 Å². The minimum atomic E-state index is -0.200. The van der Waals surface area contributed by atoms with Gasteiger partial charge in [0.1, 0.15) is 0 Å². The van der Waals surface area contributed by atoms with Gasteiger partial charge in [0.25, 0.3) is 5.91 Å². The number of tetrazole rings is 1. The van der Waals surface area contributed by atoms with Crippen LogP contribution in [0.5, 0.6) is 0 Å². The molecule has 28 heavy (non-hydrogen) atoms. The summed E-state index contributed by atoms with van der Waals surface area (Å²) in [7, 11) is 0. The Balaban J connectivity index is 1.54. The molecule has 2 aromatic carbocycles. The van der Waals surface area contributed by atoms with Gasteiger partial charge in [-0.1, -0.05) is 13.0 Å². The fourth-order valence-corrected chi connectivity index (χ4v) is 3.38. The van der Waals surface area contributed by atoms with Crippen molar-refractivity contribution in [3.8, 4) is 5.69 Å². The van der Waals surface area contributed by atoms with Gasteiger partial charge in [-0.2, -0.15) is 4.68 Å². The average Bonchev–Trinajstić information content (AvgIpc) is 3.33. The van der Waals surface area contributed by atoms with Crippen LogP contribution in [-0.2, 0) is 11.2 Å². The van der Waals surface area contributed by atoms with Gasteiger partial charge in [-0.15, -0.1) is 5.10 Å². The van der Waals surface area contributed by atoms with E-state index in [4.69, 9.17) is 0 Å². The van der Waals surface area contributed by atoms with Crippen molar-refractivity contribution in [2.24, 2.45) is 0 Å². The second kappa shape index (κ2) is 7.22. The minimum absolute atomic E-state index is 0.102. The number of hydrogen-bond acceptors (Lipinski definition) is 5. The number of fused-ring (bicyclic) bond motifs is 1. The summed E-state index contributed by atoms with van der Waals surface area (Å²) < 4.78 is 1.60. The number of carbonyl (C=O) groups excluding carboxylic acids is 2. The van der Waals surface area contributed by atoms with Crippen molar-refractivity contribution in [2.75, 3.05) is 16.8 Å². The maximum Gasteiger partial charge on any atom is 0.255 e. The number of anilines is 2. The highest BCUT2D eigenvalue weighted by molar-refractivity contribution is 6.05. The number of nitrogens with one attached hydrogen (secondary N) is 1. The number of carbonyl (C=O) groups is 2. The first-order chi connectivity index (χ1) is 13.6. The maximum atomic E-state index is 12.7. The molecule has 1 aromatic heterocycles. The number of benzene rings is 2. The van der Waals surface area contributed by atoms with Crippen molar-refractivity contribution in [1.82, 2.24) is 20.2 Å². The number of aryl methyl sites for hydroxylation is 1. The molecule has 0 spiro atoms. The molecular formula is C20H20N6O2. The fourth-order valence-electron chi connectivity index (χ4n) is 3.38. The molecule has 142 valence electrons. The Morgan fingerprint density at radius 2 is 2.04 bits per heavy atom. The molecule has 0 saturated carbocycles. The first-order valence-corrected chi connectivity index (χ1v) is 9.17. The van der Waals surface area contributed by atoms with E-state index in [0.717, 1.165) is 23.4 Å². The van der Waals surface area contributed by atoms with Gasteiger partial charge < -0.3 is 10.2 Å². The normalized spacial score (nSPS) is 12.7. The molecule has 1 aliphatic rings. The van der Waals surface area contributed by atoms with Gasteiger partial charge in [-0.25, -0.2) is 0 Å². The Bertz CT molecular complexity index is 1060. The molecular weight excluding hydrogens is 356 g/mol. The number of hydrogen-bond donors (Lipinski definition) is 1. The molecule has 0 fully saturated rings. The molecule has 0 bridgehead atoms. The Labute approximate surface area is 162 Å². The van der Waals surface area contributed by atoms with E-state index >= 15 is 0 Å². The average molecular weight is 376 g/mol. The second-order valence-electron chi connectivity index (χ2n) is 6.63. The van der Waals surface area contributed by atoms with Crippen LogP contribution in [0.15, 0.2) is 42.5 Å². The predicted molar refractivity (Wildman–Crippen MR) is 105 cm³/mol. The molecule has 2 heterocycles. The highest BCUT2D eigenvalue weighted by Crippen LogP contribution is 2.29. The van der Waals surface area contributed by atoms with Gasteiger partial charge in [0.15, 0.2) is 5.82 Å². The molecule has 0 saturated heterocycles. The van der Waals surface area contributed by atoms with Crippen molar-refractivity contribution >= 4 is 23.2 Å². The van der Waals surface area contributed by atoms with Crippen LogP contribution in [0.4, 0.5) is 11.4 Å². The standard InChI is InChI=1S/C20H20N6O2/c1-3-19(27)25-10-9-14-11-15(7-8-18(14)25)20(28)21-16-5-4-6-17(12-16)26-13(2)22-23-24-26/h4-8,11-12H,3,9-10H2,1-2H3,(H,21,28). The predicted octanol–water partition coefficient (Wildman–Crippen LogP) is 2.52. The number of rotatable bonds is 4. The smallest absolute Gasteiger partial charge is 0.255 e. The van der Waals surface area contributed by atoms with Crippen molar-refractivity contribution in [2.45, 2.75) is 26.7 Å². The molecule has 2 amide bonds. The van der Waals surface area contributed by atoms with Gasteiger partial charge in [0.05, 0.1) is 5.69 Å². The van der Waals surface area contributed by atoms with Gasteiger partial charge >= 0.3 is 0 Å². The summed E-state index contributed by atoms with van der Waals surface area (Å²) in [5, 5.41) is 14.4. The first-order valence-electron chi connectivity index (χ1n) is 9.17. The molecule has 1 N–H and O–H groups in total. The van der Waals surface area contributed by atoms with Crippen LogP contribution < -0.4 is 10.2 Å². The van der Waals surface area contributed by atoms with E-state index in [1.54, 1.807) is 15.6 Å². The third-order valence-corrected chi connectivity index (χ3v) is 4.81. The molecule has 3 aromatic rings. The zero-order valence-corrected chi connectivity index (χ0v) is 15.7. The van der Waals surface area contributed by atoms with Gasteiger partial charge in [0.2, 0.25) is 5.91 Å². The molecule has 0 aliphatic carbocycles. The minimum Gasteiger partial charge on any atom is -0.322 e. The lowest BCUT2D eigenvalue weighted by molar-refractivity contribution is -0.118. The summed E-state index contributed by atoms with van der Waals surface area (Å²) in [5.41, 5.74) is 3.91. The van der Waals surface area contributed by atoms with Crippen LogP contribution in [0, 0.1) is 6.92 Å². The molecule has 8 heteroatoms. The first kappa shape index (κ1) is 17.8. The molecule has 0 unspecified atom stereocenters. The summed E-state index contributed by atoms with van der Waals surface area (Å²) in [4.78, 5) is 26.5. The van der Waals surface area contributed by atoms with E-state index in [9.17, 15) is 9.59 Å². The van der Waals surface area contributed by atoms with E-state index in [1.165, 1.54) is 0 Å². The van der Waals surface area contributed by atoms with Crippen LogP contribution in [-0.4, -0.2) is 38.6 Å². The molecule has 0 radical (unpaired) electrons. The monoisotopic (exact) mass is 376 g/mol. The highest BCUT2D eigenvalue weighted by Gasteiger charge is 2.24. The largest absolute Gasteiger partial charge is 0.322 e. The fraction of sp³-hybridized carbons (Fsp3) is 0.250. The lowest BCUT2D eigenvalue weighted by Gasteiger charge is -2.16. The second-order valence-corrected chi connectivity index (χ2v) is 6.63. The van der Waals surface area contributed by atoms with Crippen LogP contribution in [0.3, 0.4) is 0 Å². The summed E-state index contributed by atoms with van der Waals surface area (Å²) >= 11 is 0. The van der Waals surface area contributed by atoms with Crippen LogP contribution in [0.25, 0.3) is 5.69 Å². The lowest BCUT2D eigenvalue weighted by atomic mass is 10.1. The molecule has 4 rings (SSSR count). The Kier molecular flexibility index (Phi) is 4.60. The van der Waals surface area contributed by atoms with Crippen LogP contribution >= 0.6 is 0 Å². The topological polar surface area (TPSA) is 93.0 Å². The van der Waals surface area contributed by atoms with Gasteiger partial charge in [-0.05, 0) is 65.7 Å². The Morgan fingerprint density at radius 1 is 1.18 bits per heavy atom. The molecule has 1 aliphatic heterocycles. The number of aromatic nitrogens is 4. The van der Waals surface area contributed by atoms with Crippen molar-refractivity contribution < 1.29 is 9.59 Å². The third-order valence-electron chi connectivity index (χ3n) is 4.81. The maximum absolute atomic E-state index is 12.7. The van der Waals surface area contributed by atoms with Crippen LogP contribution in [0.1, 0.15) is 35.1 Å². The van der Waals surface area contributed by atoms with Gasteiger partial charge in [0, 0.05) is 29.9 Å². The third kappa shape index (κ3) is 3.24.